The number of amides is 1. The number of carbonyl (C=O) groups excluding carboxylic acids is 1. The molecule has 0 radical (unpaired) electrons. The van der Waals surface area contributed by atoms with Crippen molar-refractivity contribution in [3.05, 3.63) is 35.4 Å². The lowest BCUT2D eigenvalue weighted by Gasteiger charge is -2.29. The van der Waals surface area contributed by atoms with Crippen molar-refractivity contribution in [1.29, 1.82) is 0 Å². The molecule has 0 spiro atoms. The minimum absolute atomic E-state index is 0.0912. The van der Waals surface area contributed by atoms with Gasteiger partial charge in [-0.15, -0.1) is 0 Å². The van der Waals surface area contributed by atoms with Gasteiger partial charge in [-0.1, -0.05) is 24.3 Å². The lowest BCUT2D eigenvalue weighted by atomic mass is 9.95. The van der Waals surface area contributed by atoms with Crippen LogP contribution in [0.1, 0.15) is 36.5 Å². The van der Waals surface area contributed by atoms with E-state index in [9.17, 15) is 4.79 Å². The number of fused-ring (bicyclic) bond motifs is 1. The summed E-state index contributed by atoms with van der Waals surface area (Å²) in [4.78, 5) is 14.4. The molecule has 3 rings (SSSR count). The molecule has 1 saturated heterocycles. The van der Waals surface area contributed by atoms with Crippen LogP contribution in [0.3, 0.4) is 0 Å². The highest BCUT2D eigenvalue weighted by Crippen LogP contribution is 2.31. The monoisotopic (exact) mass is 274 g/mol. The molecule has 1 aromatic carbocycles. The summed E-state index contributed by atoms with van der Waals surface area (Å²) in [6.45, 7) is 2.11. The van der Waals surface area contributed by atoms with E-state index in [1.165, 1.54) is 11.1 Å². The molecule has 0 aromatic heterocycles. The molecule has 108 valence electrons. The standard InChI is InChI=1S/C16H22N2O2/c17-11-13-5-3-8-18(13)16(19)10-15-14-6-2-1-4-12(14)7-9-20-15/h1-2,4,6,13,15H,3,5,7-11,17H2/t13-,15+/m1/s1. The third-order valence-electron chi connectivity index (χ3n) is 4.42. The average Bonchev–Trinajstić information content (AvgIpc) is 2.96. The molecule has 2 N–H and O–H groups in total. The minimum atomic E-state index is -0.0912. The Morgan fingerprint density at radius 1 is 1.40 bits per heavy atom. The number of hydrogen-bond donors (Lipinski definition) is 1. The largest absolute Gasteiger partial charge is 0.373 e. The molecule has 0 bridgehead atoms. The molecule has 0 unspecified atom stereocenters. The van der Waals surface area contributed by atoms with Gasteiger partial charge < -0.3 is 15.4 Å². The maximum absolute atomic E-state index is 12.5. The summed E-state index contributed by atoms with van der Waals surface area (Å²) in [6.07, 6.45) is 3.38. The van der Waals surface area contributed by atoms with Crippen molar-refractivity contribution in [1.82, 2.24) is 4.90 Å². The molecule has 2 heterocycles. The molecular formula is C16H22N2O2. The summed E-state index contributed by atoms with van der Waals surface area (Å²) in [7, 11) is 0. The predicted octanol–water partition coefficient (Wildman–Crippen LogP) is 1.64. The molecule has 4 nitrogen and oxygen atoms in total. The van der Waals surface area contributed by atoms with Crippen LogP contribution in [0.2, 0.25) is 0 Å². The highest BCUT2D eigenvalue weighted by atomic mass is 16.5. The maximum atomic E-state index is 12.5. The predicted molar refractivity (Wildman–Crippen MR) is 77.2 cm³/mol. The maximum Gasteiger partial charge on any atom is 0.225 e. The summed E-state index contributed by atoms with van der Waals surface area (Å²) in [6, 6.07) is 8.50. The van der Waals surface area contributed by atoms with E-state index in [-0.39, 0.29) is 18.1 Å². The van der Waals surface area contributed by atoms with Gasteiger partial charge in [0.2, 0.25) is 5.91 Å². The van der Waals surface area contributed by atoms with Gasteiger partial charge in [-0.05, 0) is 30.4 Å². The van der Waals surface area contributed by atoms with Gasteiger partial charge in [-0.3, -0.25) is 4.79 Å². The Balaban J connectivity index is 1.71. The number of benzene rings is 1. The Hall–Kier alpha value is -1.39. The Morgan fingerprint density at radius 3 is 3.10 bits per heavy atom. The van der Waals surface area contributed by atoms with E-state index in [2.05, 4.69) is 12.1 Å². The lowest BCUT2D eigenvalue weighted by molar-refractivity contribution is -0.135. The molecule has 1 fully saturated rings. The van der Waals surface area contributed by atoms with E-state index >= 15 is 0 Å². The van der Waals surface area contributed by atoms with E-state index in [4.69, 9.17) is 10.5 Å². The van der Waals surface area contributed by atoms with Crippen LogP contribution >= 0.6 is 0 Å². The SMILES string of the molecule is NC[C@H]1CCCN1C(=O)C[C@@H]1OCCc2ccccc21. The first kappa shape index (κ1) is 13.6. The van der Waals surface area contributed by atoms with Gasteiger partial charge >= 0.3 is 0 Å². The molecule has 2 aliphatic heterocycles. The quantitative estimate of drug-likeness (QED) is 0.911. The summed E-state index contributed by atoms with van der Waals surface area (Å²) >= 11 is 0. The molecule has 20 heavy (non-hydrogen) atoms. The first-order valence-corrected chi connectivity index (χ1v) is 7.48. The first-order chi connectivity index (χ1) is 9.79. The van der Waals surface area contributed by atoms with Crippen molar-refractivity contribution in [2.45, 2.75) is 37.8 Å². The Labute approximate surface area is 119 Å². The van der Waals surface area contributed by atoms with Crippen LogP contribution in [0.4, 0.5) is 0 Å². The highest BCUT2D eigenvalue weighted by Gasteiger charge is 2.31. The Bertz CT molecular complexity index is 489. The molecular weight excluding hydrogens is 252 g/mol. The molecule has 2 atom stereocenters. The van der Waals surface area contributed by atoms with Crippen LogP contribution in [0.15, 0.2) is 24.3 Å². The zero-order valence-corrected chi connectivity index (χ0v) is 11.8. The third kappa shape index (κ3) is 2.58. The lowest BCUT2D eigenvalue weighted by Crippen LogP contribution is -2.40. The number of rotatable bonds is 3. The molecule has 4 heteroatoms. The van der Waals surface area contributed by atoms with Crippen molar-refractivity contribution in [2.75, 3.05) is 19.7 Å². The molecule has 1 amide bonds. The van der Waals surface area contributed by atoms with Gasteiger partial charge in [0, 0.05) is 19.1 Å². The van der Waals surface area contributed by atoms with Gasteiger partial charge in [-0.25, -0.2) is 0 Å². The fourth-order valence-corrected chi connectivity index (χ4v) is 3.33. The van der Waals surface area contributed by atoms with E-state index in [1.807, 2.05) is 17.0 Å². The number of carbonyl (C=O) groups is 1. The zero-order chi connectivity index (χ0) is 13.9. The van der Waals surface area contributed by atoms with Gasteiger partial charge in [0.25, 0.3) is 0 Å². The Kier molecular flexibility index (Phi) is 4.03. The summed E-state index contributed by atoms with van der Waals surface area (Å²) in [5.41, 5.74) is 8.24. The number of ether oxygens (including phenoxy) is 1. The summed E-state index contributed by atoms with van der Waals surface area (Å²) < 4.78 is 5.82. The molecule has 2 aliphatic rings. The van der Waals surface area contributed by atoms with Crippen LogP contribution in [-0.2, 0) is 16.0 Å². The van der Waals surface area contributed by atoms with Crippen molar-refractivity contribution in [3.8, 4) is 0 Å². The van der Waals surface area contributed by atoms with Crippen LogP contribution in [-0.4, -0.2) is 36.5 Å². The van der Waals surface area contributed by atoms with Crippen LogP contribution < -0.4 is 5.73 Å². The van der Waals surface area contributed by atoms with E-state index < -0.39 is 0 Å². The van der Waals surface area contributed by atoms with Crippen molar-refractivity contribution >= 4 is 5.91 Å². The fourth-order valence-electron chi connectivity index (χ4n) is 3.33. The van der Waals surface area contributed by atoms with Crippen molar-refractivity contribution in [3.63, 3.8) is 0 Å². The van der Waals surface area contributed by atoms with Crippen molar-refractivity contribution in [2.24, 2.45) is 5.73 Å². The number of likely N-dealkylation sites (tertiary alicyclic amines) is 1. The smallest absolute Gasteiger partial charge is 0.225 e. The number of nitrogens with two attached hydrogens (primary N) is 1. The second-order valence-electron chi connectivity index (χ2n) is 5.63. The van der Waals surface area contributed by atoms with Crippen LogP contribution in [0.25, 0.3) is 0 Å². The minimum Gasteiger partial charge on any atom is -0.373 e. The number of nitrogens with zero attached hydrogens (tertiary/aromatic N) is 1. The van der Waals surface area contributed by atoms with Crippen LogP contribution in [0, 0.1) is 0 Å². The van der Waals surface area contributed by atoms with Gasteiger partial charge in [0.1, 0.15) is 0 Å². The van der Waals surface area contributed by atoms with Crippen molar-refractivity contribution < 1.29 is 9.53 Å². The summed E-state index contributed by atoms with van der Waals surface area (Å²) in [5.74, 6) is 0.180. The molecule has 0 aliphatic carbocycles. The third-order valence-corrected chi connectivity index (χ3v) is 4.42. The molecule has 1 aromatic rings. The first-order valence-electron chi connectivity index (χ1n) is 7.48. The van der Waals surface area contributed by atoms with Gasteiger partial charge in [0.05, 0.1) is 19.1 Å². The van der Waals surface area contributed by atoms with Gasteiger partial charge in [-0.2, -0.15) is 0 Å². The van der Waals surface area contributed by atoms with E-state index in [0.717, 1.165) is 25.8 Å². The Morgan fingerprint density at radius 2 is 2.25 bits per heavy atom. The number of hydrogen-bond acceptors (Lipinski definition) is 3. The topological polar surface area (TPSA) is 55.6 Å². The van der Waals surface area contributed by atoms with E-state index in [1.54, 1.807) is 0 Å². The second-order valence-corrected chi connectivity index (χ2v) is 5.63. The van der Waals surface area contributed by atoms with E-state index in [0.29, 0.717) is 19.6 Å². The highest BCUT2D eigenvalue weighted by molar-refractivity contribution is 5.77. The molecule has 0 saturated carbocycles. The van der Waals surface area contributed by atoms with Crippen LogP contribution in [0.5, 0.6) is 0 Å². The zero-order valence-electron chi connectivity index (χ0n) is 11.8. The normalized spacial score (nSPS) is 25.6. The fraction of sp³-hybridized carbons (Fsp3) is 0.562. The average molecular weight is 274 g/mol. The van der Waals surface area contributed by atoms with Gasteiger partial charge in [0.15, 0.2) is 0 Å². The second kappa shape index (κ2) is 5.94. The summed E-state index contributed by atoms with van der Waals surface area (Å²) in [5, 5.41) is 0.